The fourth-order valence-electron chi connectivity index (χ4n) is 2.63. The van der Waals surface area contributed by atoms with Gasteiger partial charge in [0.2, 0.25) is 10.0 Å². The fourth-order valence-corrected chi connectivity index (χ4v) is 4.64. The summed E-state index contributed by atoms with van der Waals surface area (Å²) in [4.78, 5) is -0.152. The first-order valence-electron chi connectivity index (χ1n) is 7.06. The monoisotopic (exact) mass is 430 g/mol. The topological polar surface area (TPSA) is 72.6 Å². The molecule has 1 aliphatic rings. The molecule has 1 fully saturated rings. The summed E-state index contributed by atoms with van der Waals surface area (Å²) in [5.74, 6) is -0.411. The molecular weight excluding hydrogens is 411 g/mol. The predicted molar refractivity (Wildman–Crippen MR) is 93.0 cm³/mol. The zero-order valence-corrected chi connectivity index (χ0v) is 16.2. The third-order valence-corrected chi connectivity index (χ3v) is 6.48. The summed E-state index contributed by atoms with van der Waals surface area (Å²) in [7, 11) is -2.46. The normalized spacial score (nSPS) is 20.7. The van der Waals surface area contributed by atoms with Crippen LogP contribution in [0.4, 0.5) is 4.39 Å². The van der Waals surface area contributed by atoms with Gasteiger partial charge in [0, 0.05) is 19.1 Å². The summed E-state index contributed by atoms with van der Waals surface area (Å²) in [6.45, 7) is 2.63. The minimum atomic E-state index is -3.82. The smallest absolute Gasteiger partial charge is 0.246 e. The van der Waals surface area contributed by atoms with Gasteiger partial charge in [-0.15, -0.1) is 12.4 Å². The summed E-state index contributed by atoms with van der Waals surface area (Å²) in [6, 6.07) is 2.24. The number of benzene rings is 1. The maximum absolute atomic E-state index is 13.8. The number of nitrogens with zero attached hydrogens (tertiary/aromatic N) is 1. The number of piperidine rings is 1. The molecule has 132 valence electrons. The van der Waals surface area contributed by atoms with E-state index < -0.39 is 15.8 Å². The van der Waals surface area contributed by atoms with Gasteiger partial charge in [0.25, 0.3) is 0 Å². The van der Waals surface area contributed by atoms with Crippen LogP contribution in [0.5, 0.6) is 5.75 Å². The van der Waals surface area contributed by atoms with Gasteiger partial charge < -0.3 is 10.5 Å². The summed E-state index contributed by atoms with van der Waals surface area (Å²) in [6.07, 6.45) is 1.64. The van der Waals surface area contributed by atoms with Crippen LogP contribution in [0.15, 0.2) is 21.5 Å². The van der Waals surface area contributed by atoms with Crippen molar-refractivity contribution in [1.82, 2.24) is 4.31 Å². The van der Waals surface area contributed by atoms with Crippen molar-refractivity contribution in [2.75, 3.05) is 20.2 Å². The lowest BCUT2D eigenvalue weighted by molar-refractivity contribution is 0.242. The lowest BCUT2D eigenvalue weighted by Crippen LogP contribution is -2.45. The number of rotatable bonds is 4. The van der Waals surface area contributed by atoms with Crippen LogP contribution in [0.2, 0.25) is 0 Å². The highest BCUT2D eigenvalue weighted by Crippen LogP contribution is 2.33. The SMILES string of the molecule is COc1cc(Br)c(F)cc1S(=O)(=O)N1CCCC(C(C)N)C1.Cl. The third kappa shape index (κ3) is 4.36. The molecule has 2 atom stereocenters. The Labute approximate surface area is 151 Å². The molecule has 0 bridgehead atoms. The number of sulfonamides is 1. The van der Waals surface area contributed by atoms with Gasteiger partial charge in [-0.25, -0.2) is 12.8 Å². The van der Waals surface area contributed by atoms with Gasteiger partial charge in [0.05, 0.1) is 11.6 Å². The highest BCUT2D eigenvalue weighted by molar-refractivity contribution is 9.10. The maximum Gasteiger partial charge on any atom is 0.246 e. The molecule has 0 amide bonds. The lowest BCUT2D eigenvalue weighted by Gasteiger charge is -2.34. The molecule has 0 radical (unpaired) electrons. The molecule has 0 aromatic heterocycles. The molecular formula is C14H21BrClFN2O3S. The quantitative estimate of drug-likeness (QED) is 0.795. The molecule has 2 N–H and O–H groups in total. The molecule has 0 spiro atoms. The number of nitrogens with two attached hydrogens (primary N) is 1. The number of hydrogen-bond donors (Lipinski definition) is 1. The van der Waals surface area contributed by atoms with E-state index in [4.69, 9.17) is 10.5 Å². The summed E-state index contributed by atoms with van der Waals surface area (Å²) >= 11 is 3.03. The summed E-state index contributed by atoms with van der Waals surface area (Å²) in [5, 5.41) is 0. The van der Waals surface area contributed by atoms with E-state index in [2.05, 4.69) is 15.9 Å². The van der Waals surface area contributed by atoms with Crippen molar-refractivity contribution in [2.45, 2.75) is 30.7 Å². The van der Waals surface area contributed by atoms with Crippen molar-refractivity contribution < 1.29 is 17.5 Å². The maximum atomic E-state index is 13.8. The first kappa shape index (κ1) is 20.6. The van der Waals surface area contributed by atoms with Crippen LogP contribution in [0.1, 0.15) is 19.8 Å². The molecule has 23 heavy (non-hydrogen) atoms. The van der Waals surface area contributed by atoms with Crippen LogP contribution in [-0.4, -0.2) is 39.0 Å². The van der Waals surface area contributed by atoms with E-state index in [1.807, 2.05) is 6.92 Å². The first-order valence-corrected chi connectivity index (χ1v) is 9.29. The largest absolute Gasteiger partial charge is 0.495 e. The number of hydrogen-bond acceptors (Lipinski definition) is 4. The van der Waals surface area contributed by atoms with Crippen LogP contribution >= 0.6 is 28.3 Å². The van der Waals surface area contributed by atoms with Gasteiger partial charge in [-0.2, -0.15) is 4.31 Å². The second-order valence-corrected chi connectivity index (χ2v) is 8.30. The zero-order valence-electron chi connectivity index (χ0n) is 13.0. The van der Waals surface area contributed by atoms with Crippen LogP contribution in [0.25, 0.3) is 0 Å². The molecule has 1 saturated heterocycles. The summed E-state index contributed by atoms with van der Waals surface area (Å²) in [5.41, 5.74) is 5.90. The molecule has 2 unspecified atom stereocenters. The second-order valence-electron chi connectivity index (χ2n) is 5.54. The standard InChI is InChI=1S/C14H20BrFN2O3S.ClH/c1-9(17)10-4-3-5-18(8-10)22(19,20)14-7-12(16)11(15)6-13(14)21-2;/h6-7,9-10H,3-5,8,17H2,1-2H3;1H. The van der Waals surface area contributed by atoms with E-state index in [0.29, 0.717) is 13.1 Å². The molecule has 2 rings (SSSR count). The van der Waals surface area contributed by atoms with Crippen molar-refractivity contribution in [2.24, 2.45) is 11.7 Å². The molecule has 1 aromatic carbocycles. The minimum absolute atomic E-state index is 0. The highest BCUT2D eigenvalue weighted by atomic mass is 79.9. The minimum Gasteiger partial charge on any atom is -0.495 e. The van der Waals surface area contributed by atoms with Crippen molar-refractivity contribution in [3.8, 4) is 5.75 Å². The van der Waals surface area contributed by atoms with Crippen molar-refractivity contribution in [3.05, 3.63) is 22.4 Å². The first-order chi connectivity index (χ1) is 10.3. The Hall–Kier alpha value is -0.410. The Bertz CT molecular complexity index is 658. The van der Waals surface area contributed by atoms with Gasteiger partial charge in [0.1, 0.15) is 16.5 Å². The number of methoxy groups -OCH3 is 1. The van der Waals surface area contributed by atoms with E-state index >= 15 is 0 Å². The Kier molecular flexibility index (Phi) is 7.28. The summed E-state index contributed by atoms with van der Waals surface area (Å²) < 4.78 is 46.1. The average molecular weight is 432 g/mol. The Morgan fingerprint density at radius 2 is 2.13 bits per heavy atom. The third-order valence-electron chi connectivity index (χ3n) is 3.99. The van der Waals surface area contributed by atoms with Gasteiger partial charge >= 0.3 is 0 Å². The fraction of sp³-hybridized carbons (Fsp3) is 0.571. The Balaban J connectivity index is 0.00000264. The Morgan fingerprint density at radius 1 is 1.48 bits per heavy atom. The van der Waals surface area contributed by atoms with Gasteiger partial charge in [-0.3, -0.25) is 0 Å². The van der Waals surface area contributed by atoms with Crippen molar-refractivity contribution in [1.29, 1.82) is 0 Å². The van der Waals surface area contributed by atoms with E-state index in [1.54, 1.807) is 0 Å². The number of halogens is 3. The lowest BCUT2D eigenvalue weighted by atomic mass is 9.93. The highest BCUT2D eigenvalue weighted by Gasteiger charge is 2.34. The van der Waals surface area contributed by atoms with Crippen LogP contribution in [0, 0.1) is 11.7 Å². The van der Waals surface area contributed by atoms with Gasteiger partial charge in [-0.1, -0.05) is 0 Å². The van der Waals surface area contributed by atoms with Crippen LogP contribution in [0.3, 0.4) is 0 Å². The molecule has 5 nitrogen and oxygen atoms in total. The molecule has 1 aliphatic heterocycles. The van der Waals surface area contributed by atoms with Crippen molar-refractivity contribution in [3.63, 3.8) is 0 Å². The molecule has 0 saturated carbocycles. The van der Waals surface area contributed by atoms with Crippen LogP contribution in [-0.2, 0) is 10.0 Å². The number of ether oxygens (including phenoxy) is 1. The van der Waals surface area contributed by atoms with E-state index in [1.165, 1.54) is 17.5 Å². The van der Waals surface area contributed by atoms with Gasteiger partial charge in [-0.05, 0) is 53.7 Å². The molecule has 1 aromatic rings. The second kappa shape index (κ2) is 8.11. The molecule has 0 aliphatic carbocycles. The average Bonchev–Trinajstić information content (AvgIpc) is 2.49. The van der Waals surface area contributed by atoms with Crippen molar-refractivity contribution >= 4 is 38.4 Å². The molecule has 9 heteroatoms. The molecule has 1 heterocycles. The van der Waals surface area contributed by atoms with Crippen LogP contribution < -0.4 is 10.5 Å². The van der Waals surface area contributed by atoms with E-state index in [0.717, 1.165) is 18.9 Å². The Morgan fingerprint density at radius 3 is 2.70 bits per heavy atom. The van der Waals surface area contributed by atoms with E-state index in [9.17, 15) is 12.8 Å². The predicted octanol–water partition coefficient (Wildman–Crippen LogP) is 2.77. The van der Waals surface area contributed by atoms with E-state index in [-0.39, 0.29) is 39.5 Å². The van der Waals surface area contributed by atoms with Gasteiger partial charge in [0.15, 0.2) is 0 Å². The zero-order chi connectivity index (χ0) is 16.5.